The molecule has 0 aliphatic carbocycles. The summed E-state index contributed by atoms with van der Waals surface area (Å²) in [4.78, 5) is 23.0. The number of hydrogen-bond donors (Lipinski definition) is 0. The summed E-state index contributed by atoms with van der Waals surface area (Å²) in [6, 6.07) is 7.92. The topological polar surface area (TPSA) is 83.6 Å². The number of para-hydroxylation sites is 2. The summed E-state index contributed by atoms with van der Waals surface area (Å²) in [6.45, 7) is 6.10. The lowest BCUT2D eigenvalue weighted by Gasteiger charge is -2.17. The van der Waals surface area contributed by atoms with E-state index in [9.17, 15) is 14.9 Å². The number of nitro benzene ring substituents is 1. The van der Waals surface area contributed by atoms with Crippen molar-refractivity contribution in [3.05, 3.63) is 57.4 Å². The van der Waals surface area contributed by atoms with Crippen molar-refractivity contribution in [3.63, 3.8) is 0 Å². The van der Waals surface area contributed by atoms with Crippen LogP contribution in [0.3, 0.4) is 0 Å². The van der Waals surface area contributed by atoms with Gasteiger partial charge < -0.3 is 14.0 Å². The molecule has 7 heteroatoms. The molecule has 134 valence electrons. The van der Waals surface area contributed by atoms with Crippen molar-refractivity contribution >= 4 is 11.5 Å². The van der Waals surface area contributed by atoms with Gasteiger partial charge in [-0.2, -0.15) is 0 Å². The summed E-state index contributed by atoms with van der Waals surface area (Å²) >= 11 is 0. The van der Waals surface area contributed by atoms with Crippen LogP contribution in [0.1, 0.15) is 34.7 Å². The summed E-state index contributed by atoms with van der Waals surface area (Å²) in [7, 11) is 1.64. The fourth-order valence-electron chi connectivity index (χ4n) is 3.00. The van der Waals surface area contributed by atoms with Gasteiger partial charge in [-0.25, -0.2) is 0 Å². The molecule has 0 unspecified atom stereocenters. The molecule has 1 atom stereocenters. The summed E-state index contributed by atoms with van der Waals surface area (Å²) in [5, 5.41) is 11.0. The Morgan fingerprint density at radius 2 is 2.00 bits per heavy atom. The minimum Gasteiger partial charge on any atom is -0.478 e. The van der Waals surface area contributed by atoms with Crippen LogP contribution in [0.4, 0.5) is 5.69 Å². The van der Waals surface area contributed by atoms with E-state index in [0.29, 0.717) is 12.2 Å². The maximum atomic E-state index is 12.5. The summed E-state index contributed by atoms with van der Waals surface area (Å²) < 4.78 is 12.6. The number of nitrogens with zero attached hydrogens (tertiary/aromatic N) is 2. The normalized spacial score (nSPS) is 12.0. The first-order chi connectivity index (χ1) is 11.9. The molecular formula is C18H22N2O5. The van der Waals surface area contributed by atoms with Gasteiger partial charge in [-0.1, -0.05) is 12.1 Å². The van der Waals surface area contributed by atoms with Crippen LogP contribution in [0.5, 0.6) is 5.75 Å². The number of nitro groups is 1. The Labute approximate surface area is 146 Å². The molecule has 25 heavy (non-hydrogen) atoms. The molecule has 0 aliphatic rings. The van der Waals surface area contributed by atoms with Crippen molar-refractivity contribution in [2.24, 2.45) is 0 Å². The molecule has 0 N–H and O–H groups in total. The maximum Gasteiger partial charge on any atom is 0.310 e. The van der Waals surface area contributed by atoms with Gasteiger partial charge >= 0.3 is 5.69 Å². The molecule has 1 heterocycles. The van der Waals surface area contributed by atoms with Gasteiger partial charge in [0, 0.05) is 30.1 Å². The Balaban J connectivity index is 2.17. The van der Waals surface area contributed by atoms with Gasteiger partial charge in [0.15, 0.2) is 12.4 Å². The first-order valence-electron chi connectivity index (χ1n) is 7.93. The Morgan fingerprint density at radius 1 is 1.32 bits per heavy atom. The minimum atomic E-state index is -0.530. The van der Waals surface area contributed by atoms with Gasteiger partial charge in [0.2, 0.25) is 5.78 Å². The number of rotatable bonds is 8. The van der Waals surface area contributed by atoms with Gasteiger partial charge in [-0.15, -0.1) is 0 Å². The molecule has 2 aromatic rings. The van der Waals surface area contributed by atoms with Crippen LogP contribution in [-0.4, -0.2) is 35.6 Å². The van der Waals surface area contributed by atoms with E-state index < -0.39 is 4.92 Å². The lowest BCUT2D eigenvalue weighted by atomic mass is 10.1. The second-order valence-corrected chi connectivity index (χ2v) is 5.90. The second-order valence-electron chi connectivity index (χ2n) is 5.90. The highest BCUT2D eigenvalue weighted by atomic mass is 16.6. The molecule has 7 nitrogen and oxygen atoms in total. The highest BCUT2D eigenvalue weighted by Crippen LogP contribution is 2.26. The SMILES string of the molecule is COC[C@H](C)n1c(C)cc(C(=O)COc2ccccc2[N+](=O)[O-])c1C. The smallest absolute Gasteiger partial charge is 0.310 e. The third-order valence-electron chi connectivity index (χ3n) is 4.05. The van der Waals surface area contributed by atoms with Crippen molar-refractivity contribution < 1.29 is 19.2 Å². The Bertz CT molecular complexity index is 782. The van der Waals surface area contributed by atoms with Gasteiger partial charge in [0.1, 0.15) is 0 Å². The fourth-order valence-corrected chi connectivity index (χ4v) is 3.00. The number of methoxy groups -OCH3 is 1. The molecule has 0 spiro atoms. The van der Waals surface area contributed by atoms with Gasteiger partial charge in [-0.05, 0) is 32.9 Å². The molecule has 0 saturated carbocycles. The number of ether oxygens (including phenoxy) is 2. The van der Waals surface area contributed by atoms with Crippen molar-refractivity contribution in [3.8, 4) is 5.75 Å². The summed E-state index contributed by atoms with van der Waals surface area (Å²) in [6.07, 6.45) is 0. The van der Waals surface area contributed by atoms with Gasteiger partial charge in [0.25, 0.3) is 0 Å². The van der Waals surface area contributed by atoms with E-state index in [-0.39, 0.29) is 29.9 Å². The van der Waals surface area contributed by atoms with Crippen molar-refractivity contribution in [1.82, 2.24) is 4.57 Å². The van der Waals surface area contributed by atoms with Crippen LogP contribution in [0.25, 0.3) is 0 Å². The standard InChI is InChI=1S/C18H22N2O5/c1-12-9-15(14(3)19(12)13(2)10-24-4)17(21)11-25-18-8-6-5-7-16(18)20(22)23/h5-9,13H,10-11H2,1-4H3/t13-/m0/s1. The predicted molar refractivity (Wildman–Crippen MR) is 93.4 cm³/mol. The number of ketones is 1. The molecule has 2 rings (SSSR count). The van der Waals surface area contributed by atoms with Crippen LogP contribution in [0.2, 0.25) is 0 Å². The minimum absolute atomic E-state index is 0.0856. The number of aromatic nitrogens is 1. The number of aryl methyl sites for hydroxylation is 1. The predicted octanol–water partition coefficient (Wildman–Crippen LogP) is 3.48. The third kappa shape index (κ3) is 4.06. The zero-order valence-electron chi connectivity index (χ0n) is 14.8. The van der Waals surface area contributed by atoms with E-state index in [1.54, 1.807) is 19.2 Å². The first-order valence-corrected chi connectivity index (χ1v) is 7.93. The van der Waals surface area contributed by atoms with E-state index in [1.807, 2.05) is 31.4 Å². The third-order valence-corrected chi connectivity index (χ3v) is 4.05. The lowest BCUT2D eigenvalue weighted by Crippen LogP contribution is -2.16. The zero-order valence-corrected chi connectivity index (χ0v) is 14.8. The van der Waals surface area contributed by atoms with Crippen LogP contribution in [0.15, 0.2) is 30.3 Å². The monoisotopic (exact) mass is 346 g/mol. The summed E-state index contributed by atoms with van der Waals surface area (Å²) in [5.41, 5.74) is 2.18. The van der Waals surface area contributed by atoms with Crippen molar-refractivity contribution in [2.75, 3.05) is 20.3 Å². The lowest BCUT2D eigenvalue weighted by molar-refractivity contribution is -0.385. The van der Waals surface area contributed by atoms with Crippen LogP contribution < -0.4 is 4.74 Å². The van der Waals surface area contributed by atoms with E-state index in [4.69, 9.17) is 9.47 Å². The molecule has 1 aromatic carbocycles. The molecule has 0 radical (unpaired) electrons. The van der Waals surface area contributed by atoms with Crippen LogP contribution in [0, 0.1) is 24.0 Å². The van der Waals surface area contributed by atoms with E-state index in [1.165, 1.54) is 12.1 Å². The van der Waals surface area contributed by atoms with E-state index in [0.717, 1.165) is 11.4 Å². The number of carbonyl (C=O) groups excluding carboxylic acids is 1. The molecule has 0 saturated heterocycles. The van der Waals surface area contributed by atoms with Crippen molar-refractivity contribution in [2.45, 2.75) is 26.8 Å². The molecule has 0 fully saturated rings. The van der Waals surface area contributed by atoms with Crippen molar-refractivity contribution in [1.29, 1.82) is 0 Å². The largest absolute Gasteiger partial charge is 0.478 e. The molecule has 0 amide bonds. The van der Waals surface area contributed by atoms with Crippen LogP contribution >= 0.6 is 0 Å². The van der Waals surface area contributed by atoms with Crippen LogP contribution in [-0.2, 0) is 4.74 Å². The first kappa shape index (κ1) is 18.7. The Hall–Kier alpha value is -2.67. The van der Waals surface area contributed by atoms with E-state index >= 15 is 0 Å². The number of carbonyl (C=O) groups is 1. The second kappa shape index (κ2) is 7.94. The highest BCUT2D eigenvalue weighted by molar-refractivity contribution is 5.98. The zero-order chi connectivity index (χ0) is 18.6. The highest BCUT2D eigenvalue weighted by Gasteiger charge is 2.20. The number of hydrogen-bond acceptors (Lipinski definition) is 5. The van der Waals surface area contributed by atoms with E-state index in [2.05, 4.69) is 0 Å². The molecular weight excluding hydrogens is 324 g/mol. The number of benzene rings is 1. The van der Waals surface area contributed by atoms with Gasteiger partial charge in [-0.3, -0.25) is 14.9 Å². The fraction of sp³-hybridized carbons (Fsp3) is 0.389. The Morgan fingerprint density at radius 3 is 2.64 bits per heavy atom. The molecule has 0 bridgehead atoms. The average Bonchev–Trinajstić information content (AvgIpc) is 2.87. The summed E-state index contributed by atoms with van der Waals surface area (Å²) in [5.74, 6) is -0.135. The quantitative estimate of drug-likeness (QED) is 0.415. The van der Waals surface area contributed by atoms with Gasteiger partial charge in [0.05, 0.1) is 17.6 Å². The molecule has 0 aliphatic heterocycles. The Kier molecular flexibility index (Phi) is 5.93. The average molecular weight is 346 g/mol. The molecule has 1 aromatic heterocycles. The number of Topliss-reactive ketones (excluding diaryl/α,β-unsaturated/α-hetero) is 1. The maximum absolute atomic E-state index is 12.5.